The number of nitrogens with zero attached hydrogens (tertiary/aromatic N) is 3. The summed E-state index contributed by atoms with van der Waals surface area (Å²) in [5, 5.41) is 4.03. The van der Waals surface area contributed by atoms with Crippen molar-refractivity contribution in [2.24, 2.45) is 12.8 Å². The summed E-state index contributed by atoms with van der Waals surface area (Å²) in [6, 6.07) is 6.90. The summed E-state index contributed by atoms with van der Waals surface area (Å²) in [4.78, 5) is 13.9. The SMILES string of the molecule is COc1ccc(CN(C)C(=O)C(N)c2cnn(C)c2)cc1. The van der Waals surface area contributed by atoms with Crippen molar-refractivity contribution in [1.82, 2.24) is 14.7 Å². The Morgan fingerprint density at radius 3 is 2.62 bits per heavy atom. The number of nitrogens with two attached hydrogens (primary N) is 1. The number of likely N-dealkylation sites (N-methyl/N-ethyl adjacent to an activating group) is 1. The number of hydrogen-bond donors (Lipinski definition) is 1. The molecule has 1 aromatic heterocycles. The highest BCUT2D eigenvalue weighted by atomic mass is 16.5. The molecule has 0 saturated heterocycles. The zero-order chi connectivity index (χ0) is 15.4. The van der Waals surface area contributed by atoms with Crippen LogP contribution in [0.2, 0.25) is 0 Å². The predicted octanol–water partition coefficient (Wildman–Crippen LogP) is 1.09. The summed E-state index contributed by atoms with van der Waals surface area (Å²) >= 11 is 0. The van der Waals surface area contributed by atoms with E-state index in [1.54, 1.807) is 43.2 Å². The van der Waals surface area contributed by atoms with Crippen LogP contribution < -0.4 is 10.5 Å². The quantitative estimate of drug-likeness (QED) is 0.893. The number of aromatic nitrogens is 2. The van der Waals surface area contributed by atoms with Crippen LogP contribution in [0.1, 0.15) is 17.2 Å². The first-order valence-electron chi connectivity index (χ1n) is 6.63. The molecule has 0 saturated carbocycles. The van der Waals surface area contributed by atoms with Gasteiger partial charge in [0.15, 0.2) is 0 Å². The smallest absolute Gasteiger partial charge is 0.244 e. The first kappa shape index (κ1) is 15.1. The Morgan fingerprint density at radius 2 is 2.10 bits per heavy atom. The van der Waals surface area contributed by atoms with Crippen LogP contribution in [-0.2, 0) is 18.4 Å². The Labute approximate surface area is 124 Å². The minimum absolute atomic E-state index is 0.140. The molecule has 0 aliphatic carbocycles. The Hall–Kier alpha value is -2.34. The molecule has 1 amide bonds. The normalized spacial score (nSPS) is 12.0. The van der Waals surface area contributed by atoms with Crippen LogP contribution in [0.25, 0.3) is 0 Å². The van der Waals surface area contributed by atoms with Gasteiger partial charge in [0, 0.05) is 32.4 Å². The van der Waals surface area contributed by atoms with Crippen molar-refractivity contribution in [2.75, 3.05) is 14.2 Å². The lowest BCUT2D eigenvalue weighted by Crippen LogP contribution is -2.35. The molecule has 0 bridgehead atoms. The van der Waals surface area contributed by atoms with E-state index in [1.807, 2.05) is 24.3 Å². The topological polar surface area (TPSA) is 73.4 Å². The van der Waals surface area contributed by atoms with Crippen molar-refractivity contribution in [2.45, 2.75) is 12.6 Å². The minimum Gasteiger partial charge on any atom is -0.497 e. The lowest BCUT2D eigenvalue weighted by Gasteiger charge is -2.21. The van der Waals surface area contributed by atoms with Crippen LogP contribution in [0, 0.1) is 0 Å². The lowest BCUT2D eigenvalue weighted by molar-refractivity contribution is -0.131. The fourth-order valence-corrected chi connectivity index (χ4v) is 2.06. The molecular weight excluding hydrogens is 268 g/mol. The van der Waals surface area contributed by atoms with Gasteiger partial charge in [-0.15, -0.1) is 0 Å². The van der Waals surface area contributed by atoms with Crippen LogP contribution in [0.15, 0.2) is 36.7 Å². The van der Waals surface area contributed by atoms with E-state index >= 15 is 0 Å². The molecule has 2 aromatic rings. The fraction of sp³-hybridized carbons (Fsp3) is 0.333. The summed E-state index contributed by atoms with van der Waals surface area (Å²) in [5.74, 6) is 0.651. The van der Waals surface area contributed by atoms with Crippen molar-refractivity contribution in [3.8, 4) is 5.75 Å². The van der Waals surface area contributed by atoms with Gasteiger partial charge in [0.1, 0.15) is 11.8 Å². The highest BCUT2D eigenvalue weighted by molar-refractivity contribution is 5.82. The van der Waals surface area contributed by atoms with Gasteiger partial charge < -0.3 is 15.4 Å². The molecular formula is C15H20N4O2. The molecule has 0 aliphatic rings. The molecule has 0 fully saturated rings. The highest BCUT2D eigenvalue weighted by Crippen LogP contribution is 2.15. The second kappa shape index (κ2) is 6.41. The number of methoxy groups -OCH3 is 1. The van der Waals surface area contributed by atoms with Crippen LogP contribution in [0.5, 0.6) is 5.75 Å². The summed E-state index contributed by atoms with van der Waals surface area (Å²) in [5.41, 5.74) is 7.72. The van der Waals surface area contributed by atoms with Gasteiger partial charge in [-0.1, -0.05) is 12.1 Å². The van der Waals surface area contributed by atoms with Gasteiger partial charge >= 0.3 is 0 Å². The number of aryl methyl sites for hydroxylation is 1. The number of ether oxygens (including phenoxy) is 1. The van der Waals surface area contributed by atoms with E-state index in [2.05, 4.69) is 5.10 Å². The van der Waals surface area contributed by atoms with Crippen LogP contribution >= 0.6 is 0 Å². The number of carbonyl (C=O) groups is 1. The van der Waals surface area contributed by atoms with E-state index in [4.69, 9.17) is 10.5 Å². The Balaban J connectivity index is 2.01. The van der Waals surface area contributed by atoms with E-state index < -0.39 is 6.04 Å². The maximum atomic E-state index is 12.3. The number of hydrogen-bond acceptors (Lipinski definition) is 4. The minimum atomic E-state index is -0.693. The van der Waals surface area contributed by atoms with Gasteiger partial charge in [-0.2, -0.15) is 5.10 Å². The summed E-state index contributed by atoms with van der Waals surface area (Å²) in [6.07, 6.45) is 3.37. The summed E-state index contributed by atoms with van der Waals surface area (Å²) < 4.78 is 6.74. The third kappa shape index (κ3) is 3.61. The first-order chi connectivity index (χ1) is 10.0. The zero-order valence-corrected chi connectivity index (χ0v) is 12.5. The Morgan fingerprint density at radius 1 is 1.43 bits per heavy atom. The van der Waals surface area contributed by atoms with Crippen LogP contribution in [0.4, 0.5) is 0 Å². The van der Waals surface area contributed by atoms with Gasteiger partial charge in [0.2, 0.25) is 5.91 Å². The first-order valence-corrected chi connectivity index (χ1v) is 6.63. The molecule has 0 spiro atoms. The molecule has 112 valence electrons. The standard InChI is InChI=1S/C15H20N4O2/c1-18(9-11-4-6-13(21-3)7-5-11)15(20)14(16)12-8-17-19(2)10-12/h4-8,10,14H,9,16H2,1-3H3. The molecule has 0 radical (unpaired) electrons. The molecule has 6 heteroatoms. The molecule has 1 unspecified atom stereocenters. The Kier molecular flexibility index (Phi) is 4.59. The van der Waals surface area contributed by atoms with Gasteiger partial charge in [0.25, 0.3) is 0 Å². The maximum Gasteiger partial charge on any atom is 0.244 e. The number of benzene rings is 1. The Bertz CT molecular complexity index is 606. The average Bonchev–Trinajstić information content (AvgIpc) is 2.93. The van der Waals surface area contributed by atoms with Gasteiger partial charge in [-0.25, -0.2) is 0 Å². The van der Waals surface area contributed by atoms with Gasteiger partial charge in [0.05, 0.1) is 13.3 Å². The fourth-order valence-electron chi connectivity index (χ4n) is 2.06. The van der Waals surface area contributed by atoms with E-state index in [-0.39, 0.29) is 5.91 Å². The molecule has 2 N–H and O–H groups in total. The van der Waals surface area contributed by atoms with Gasteiger partial charge in [-0.05, 0) is 17.7 Å². The van der Waals surface area contributed by atoms with Crippen molar-refractivity contribution in [1.29, 1.82) is 0 Å². The summed E-state index contributed by atoms with van der Waals surface area (Å²) in [7, 11) is 5.15. The summed E-state index contributed by atoms with van der Waals surface area (Å²) in [6.45, 7) is 0.497. The third-order valence-corrected chi connectivity index (χ3v) is 3.31. The van der Waals surface area contributed by atoms with E-state index in [9.17, 15) is 4.79 Å². The zero-order valence-electron chi connectivity index (χ0n) is 12.5. The monoisotopic (exact) mass is 288 g/mol. The molecule has 1 aromatic carbocycles. The van der Waals surface area contributed by atoms with E-state index in [0.717, 1.165) is 11.3 Å². The van der Waals surface area contributed by atoms with Crippen molar-refractivity contribution < 1.29 is 9.53 Å². The van der Waals surface area contributed by atoms with Crippen LogP contribution in [0.3, 0.4) is 0 Å². The second-order valence-corrected chi connectivity index (χ2v) is 4.97. The van der Waals surface area contributed by atoms with E-state index in [1.165, 1.54) is 0 Å². The van der Waals surface area contributed by atoms with E-state index in [0.29, 0.717) is 12.1 Å². The molecule has 2 rings (SSSR count). The van der Waals surface area contributed by atoms with Crippen molar-refractivity contribution >= 4 is 5.91 Å². The van der Waals surface area contributed by atoms with Crippen molar-refractivity contribution in [3.63, 3.8) is 0 Å². The van der Waals surface area contributed by atoms with Crippen molar-refractivity contribution in [3.05, 3.63) is 47.8 Å². The predicted molar refractivity (Wildman–Crippen MR) is 79.6 cm³/mol. The maximum absolute atomic E-state index is 12.3. The number of amides is 1. The van der Waals surface area contributed by atoms with Crippen LogP contribution in [-0.4, -0.2) is 34.7 Å². The largest absolute Gasteiger partial charge is 0.497 e. The molecule has 1 heterocycles. The van der Waals surface area contributed by atoms with Gasteiger partial charge in [-0.3, -0.25) is 9.48 Å². The second-order valence-electron chi connectivity index (χ2n) is 4.97. The highest BCUT2D eigenvalue weighted by Gasteiger charge is 2.21. The molecule has 6 nitrogen and oxygen atoms in total. The average molecular weight is 288 g/mol. The number of carbonyl (C=O) groups excluding carboxylic acids is 1. The molecule has 0 aliphatic heterocycles. The molecule has 21 heavy (non-hydrogen) atoms. The lowest BCUT2D eigenvalue weighted by atomic mass is 10.1. The molecule has 1 atom stereocenters. The third-order valence-electron chi connectivity index (χ3n) is 3.31. The number of rotatable bonds is 5.